The molecule has 6 heteroatoms. The van der Waals surface area contributed by atoms with Gasteiger partial charge in [0, 0.05) is 64.0 Å². The van der Waals surface area contributed by atoms with Crippen molar-refractivity contribution in [1.29, 1.82) is 0 Å². The first kappa shape index (κ1) is 31.9. The highest BCUT2D eigenvalue weighted by Gasteiger charge is 2.20. The third kappa shape index (κ3) is 5.12. The Bertz CT molecular complexity index is 3470. The average molecular weight is 748 g/mol. The molecule has 0 spiro atoms. The Morgan fingerprint density at radius 3 is 1.61 bits per heavy atom. The minimum atomic E-state index is 0.649. The van der Waals surface area contributed by atoms with Crippen molar-refractivity contribution in [3.8, 4) is 56.4 Å². The summed E-state index contributed by atoms with van der Waals surface area (Å²) in [7, 11) is 0. The minimum Gasteiger partial charge on any atom is -0.456 e. The Hall–Kier alpha value is -7.41. The SMILES string of the molecule is c1ccc(-c2nc(-c3ccccc3)nc(-c3cccc4c3sc3c(-c5ccc6c(c5)oc5c(-c7ccc8oc9ccccc9c8c7)cccc56)cccc34)n2)cc1. The molecular formula is C51H29N3O2S. The third-order valence-electron chi connectivity index (χ3n) is 11.0. The zero-order chi connectivity index (χ0) is 37.5. The van der Waals surface area contributed by atoms with Crippen LogP contribution in [-0.2, 0) is 0 Å². The largest absolute Gasteiger partial charge is 0.456 e. The molecule has 0 saturated carbocycles. The summed E-state index contributed by atoms with van der Waals surface area (Å²) in [4.78, 5) is 15.1. The highest BCUT2D eigenvalue weighted by atomic mass is 32.1. The highest BCUT2D eigenvalue weighted by Crippen LogP contribution is 2.45. The second-order valence-corrected chi connectivity index (χ2v) is 15.3. The summed E-state index contributed by atoms with van der Waals surface area (Å²) in [5.74, 6) is 1.95. The molecule has 12 rings (SSSR count). The lowest BCUT2D eigenvalue weighted by Gasteiger charge is -2.09. The molecule has 0 saturated heterocycles. The normalized spacial score (nSPS) is 11.9. The predicted octanol–water partition coefficient (Wildman–Crippen LogP) is 14.4. The van der Waals surface area contributed by atoms with Gasteiger partial charge in [-0.15, -0.1) is 11.3 Å². The third-order valence-corrected chi connectivity index (χ3v) is 12.3. The van der Waals surface area contributed by atoms with Crippen molar-refractivity contribution in [2.24, 2.45) is 0 Å². The summed E-state index contributed by atoms with van der Waals surface area (Å²) in [6.45, 7) is 0. The van der Waals surface area contributed by atoms with Crippen LogP contribution in [0.4, 0.5) is 0 Å². The summed E-state index contributed by atoms with van der Waals surface area (Å²) in [5, 5.41) is 6.77. The topological polar surface area (TPSA) is 65.0 Å². The molecule has 57 heavy (non-hydrogen) atoms. The fourth-order valence-electron chi connectivity index (χ4n) is 8.24. The molecule has 0 radical (unpaired) electrons. The summed E-state index contributed by atoms with van der Waals surface area (Å²) < 4.78 is 15.3. The average Bonchev–Trinajstić information content (AvgIpc) is 3.97. The van der Waals surface area contributed by atoms with Crippen molar-refractivity contribution in [3.05, 3.63) is 176 Å². The Morgan fingerprint density at radius 1 is 0.316 bits per heavy atom. The van der Waals surface area contributed by atoms with Gasteiger partial charge in [-0.05, 0) is 53.1 Å². The van der Waals surface area contributed by atoms with Crippen LogP contribution in [0.15, 0.2) is 185 Å². The van der Waals surface area contributed by atoms with E-state index >= 15 is 0 Å². The van der Waals surface area contributed by atoms with Crippen LogP contribution in [0.3, 0.4) is 0 Å². The van der Waals surface area contributed by atoms with E-state index in [9.17, 15) is 0 Å². The van der Waals surface area contributed by atoms with Gasteiger partial charge in [-0.2, -0.15) is 0 Å². The highest BCUT2D eigenvalue weighted by molar-refractivity contribution is 7.26. The van der Waals surface area contributed by atoms with Gasteiger partial charge >= 0.3 is 0 Å². The van der Waals surface area contributed by atoms with Crippen molar-refractivity contribution >= 4 is 75.4 Å². The number of hydrogen-bond acceptors (Lipinski definition) is 6. The van der Waals surface area contributed by atoms with E-state index in [2.05, 4.69) is 103 Å². The van der Waals surface area contributed by atoms with Gasteiger partial charge in [-0.3, -0.25) is 0 Å². The standard InChI is InChI=1S/C51H29N3O2S/c1-3-12-30(13-4-1)49-52-50(31-14-5-2-6-15-31)54-51(53-49)41-22-11-21-40-39-20-10-18-35(47(39)57-48(40)41)33-24-26-37-38-19-9-17-34(46(38)56-45(37)29-33)32-25-27-44-42(28-32)36-16-7-8-23-43(36)55-44/h1-29H. The smallest absolute Gasteiger partial charge is 0.165 e. The summed E-state index contributed by atoms with van der Waals surface area (Å²) in [5.41, 5.74) is 10.8. The maximum absolute atomic E-state index is 6.78. The van der Waals surface area contributed by atoms with Gasteiger partial charge in [0.05, 0.1) is 0 Å². The quantitative estimate of drug-likeness (QED) is 0.175. The first-order valence-corrected chi connectivity index (χ1v) is 19.7. The molecule has 0 aliphatic heterocycles. The molecule has 0 bridgehead atoms. The molecule has 0 unspecified atom stereocenters. The summed E-state index contributed by atoms with van der Waals surface area (Å²) in [6, 6.07) is 60.9. The zero-order valence-electron chi connectivity index (χ0n) is 30.3. The van der Waals surface area contributed by atoms with Crippen LogP contribution in [0.5, 0.6) is 0 Å². The Labute approximate surface area is 330 Å². The molecule has 4 aromatic heterocycles. The number of rotatable bonds is 5. The van der Waals surface area contributed by atoms with Gasteiger partial charge in [-0.25, -0.2) is 15.0 Å². The van der Waals surface area contributed by atoms with Crippen LogP contribution < -0.4 is 0 Å². The van der Waals surface area contributed by atoms with Crippen LogP contribution >= 0.6 is 11.3 Å². The van der Waals surface area contributed by atoms with E-state index < -0.39 is 0 Å². The first-order chi connectivity index (χ1) is 28.2. The molecule has 0 fully saturated rings. The fourth-order valence-corrected chi connectivity index (χ4v) is 9.58. The number of aromatic nitrogens is 3. The Balaban J connectivity index is 0.996. The molecule has 0 N–H and O–H groups in total. The number of hydrogen-bond donors (Lipinski definition) is 0. The van der Waals surface area contributed by atoms with E-state index in [1.54, 1.807) is 11.3 Å². The fraction of sp³-hybridized carbons (Fsp3) is 0. The van der Waals surface area contributed by atoms with Gasteiger partial charge in [-0.1, -0.05) is 140 Å². The molecule has 5 nitrogen and oxygen atoms in total. The van der Waals surface area contributed by atoms with Crippen molar-refractivity contribution in [1.82, 2.24) is 15.0 Å². The second kappa shape index (κ2) is 12.6. The van der Waals surface area contributed by atoms with Crippen LogP contribution in [0.1, 0.15) is 0 Å². The molecule has 0 aliphatic carbocycles. The number of nitrogens with zero attached hydrogens (tertiary/aromatic N) is 3. The van der Waals surface area contributed by atoms with Crippen LogP contribution in [0, 0.1) is 0 Å². The van der Waals surface area contributed by atoms with E-state index in [1.165, 1.54) is 15.5 Å². The second-order valence-electron chi connectivity index (χ2n) is 14.3. The van der Waals surface area contributed by atoms with Gasteiger partial charge < -0.3 is 8.83 Å². The minimum absolute atomic E-state index is 0.649. The maximum atomic E-state index is 6.78. The van der Waals surface area contributed by atoms with E-state index in [4.69, 9.17) is 23.8 Å². The summed E-state index contributed by atoms with van der Waals surface area (Å²) in [6.07, 6.45) is 0. The van der Waals surface area contributed by atoms with E-state index in [0.717, 1.165) is 87.5 Å². The number of para-hydroxylation sites is 2. The van der Waals surface area contributed by atoms with Gasteiger partial charge in [0.15, 0.2) is 17.5 Å². The van der Waals surface area contributed by atoms with Crippen LogP contribution in [0.25, 0.3) is 120 Å². The van der Waals surface area contributed by atoms with Crippen molar-refractivity contribution < 1.29 is 8.83 Å². The van der Waals surface area contributed by atoms with E-state index in [0.29, 0.717) is 17.5 Å². The van der Waals surface area contributed by atoms with E-state index in [-0.39, 0.29) is 0 Å². The molecular weight excluding hydrogens is 719 g/mol. The van der Waals surface area contributed by atoms with Crippen molar-refractivity contribution in [2.75, 3.05) is 0 Å². The summed E-state index contributed by atoms with van der Waals surface area (Å²) >= 11 is 1.78. The number of benzene rings is 8. The Kier molecular flexibility index (Phi) is 7.03. The lowest BCUT2D eigenvalue weighted by atomic mass is 9.99. The van der Waals surface area contributed by atoms with Crippen molar-refractivity contribution in [3.63, 3.8) is 0 Å². The lowest BCUT2D eigenvalue weighted by Crippen LogP contribution is -2.00. The number of fused-ring (bicyclic) bond motifs is 9. The van der Waals surface area contributed by atoms with Gasteiger partial charge in [0.25, 0.3) is 0 Å². The van der Waals surface area contributed by atoms with Crippen molar-refractivity contribution in [2.45, 2.75) is 0 Å². The first-order valence-electron chi connectivity index (χ1n) is 18.9. The molecule has 4 heterocycles. The monoisotopic (exact) mass is 747 g/mol. The molecule has 0 amide bonds. The van der Waals surface area contributed by atoms with E-state index in [1.807, 2.05) is 72.8 Å². The van der Waals surface area contributed by atoms with Gasteiger partial charge in [0.1, 0.15) is 22.3 Å². The molecule has 0 atom stereocenters. The van der Waals surface area contributed by atoms with Gasteiger partial charge in [0.2, 0.25) is 0 Å². The molecule has 8 aromatic carbocycles. The molecule has 12 aromatic rings. The number of furan rings is 2. The number of thiophene rings is 1. The lowest BCUT2D eigenvalue weighted by molar-refractivity contribution is 0.668. The predicted molar refractivity (Wildman–Crippen MR) is 234 cm³/mol. The van der Waals surface area contributed by atoms with Crippen LogP contribution in [0.2, 0.25) is 0 Å². The molecule has 266 valence electrons. The Morgan fingerprint density at radius 2 is 0.860 bits per heavy atom. The zero-order valence-corrected chi connectivity index (χ0v) is 31.1. The maximum Gasteiger partial charge on any atom is 0.165 e. The molecule has 0 aliphatic rings. The van der Waals surface area contributed by atoms with Crippen LogP contribution in [-0.4, -0.2) is 15.0 Å².